The predicted octanol–water partition coefficient (Wildman–Crippen LogP) is 2.81. The van der Waals surface area contributed by atoms with Crippen molar-refractivity contribution in [2.45, 2.75) is 0 Å². The highest BCUT2D eigenvalue weighted by Gasteiger charge is 2.20. The normalized spacial score (nSPS) is 11.7. The molecule has 1 unspecified atom stereocenters. The van der Waals surface area contributed by atoms with Crippen LogP contribution in [-0.2, 0) is 11.3 Å². The number of nitrogens with zero attached hydrogens (tertiary/aromatic N) is 1. The van der Waals surface area contributed by atoms with Crippen molar-refractivity contribution in [1.29, 1.82) is 0 Å². The van der Waals surface area contributed by atoms with Crippen molar-refractivity contribution in [1.82, 2.24) is 0 Å². The van der Waals surface area contributed by atoms with E-state index in [0.29, 0.717) is 10.7 Å². The lowest BCUT2D eigenvalue weighted by Crippen LogP contribution is -2.31. The van der Waals surface area contributed by atoms with E-state index in [9.17, 15) is 14.1 Å². The van der Waals surface area contributed by atoms with E-state index in [-0.39, 0.29) is 11.4 Å². The predicted molar refractivity (Wildman–Crippen MR) is 85.7 cm³/mol. The van der Waals surface area contributed by atoms with Gasteiger partial charge in [0.1, 0.15) is 0 Å². The van der Waals surface area contributed by atoms with E-state index in [1.165, 1.54) is 18.2 Å². The highest BCUT2D eigenvalue weighted by atomic mass is 35.5. The van der Waals surface area contributed by atoms with Gasteiger partial charge in [0, 0.05) is 5.02 Å². The van der Waals surface area contributed by atoms with Gasteiger partial charge in [0.25, 0.3) is 11.3 Å². The molecule has 5 N–H and O–H groups in total. The molecule has 0 aromatic heterocycles. The zero-order valence-corrected chi connectivity index (χ0v) is 12.6. The maximum Gasteiger partial charge on any atom is 0.324 e. The van der Waals surface area contributed by atoms with Gasteiger partial charge in [-0.05, 0) is 36.4 Å². The lowest BCUT2D eigenvalue weighted by molar-refractivity contribution is 0.256. The van der Waals surface area contributed by atoms with E-state index in [4.69, 9.17) is 21.9 Å². The number of aromatic hydroxyl groups is 1. The lowest BCUT2D eigenvalue weighted by Gasteiger charge is -2.22. The molecule has 0 radical (unpaired) electrons. The van der Waals surface area contributed by atoms with Crippen molar-refractivity contribution in [2.24, 2.45) is 5.73 Å². The molecule has 0 aliphatic carbocycles. The molecule has 2 rings (SSSR count). The van der Waals surface area contributed by atoms with Crippen LogP contribution >= 0.6 is 11.6 Å². The minimum Gasteiger partial charge on any atom is -0.504 e. The van der Waals surface area contributed by atoms with Crippen LogP contribution in [-0.4, -0.2) is 19.9 Å². The maximum atomic E-state index is 11.7. The molecule has 2 aromatic rings. The van der Waals surface area contributed by atoms with Gasteiger partial charge in [-0.15, -0.1) is 0 Å². The number of nitrogens with one attached hydrogen (secondary N) is 1. The summed E-state index contributed by atoms with van der Waals surface area (Å²) in [6, 6.07) is 9.72. The van der Waals surface area contributed by atoms with Crippen LogP contribution in [0, 0.1) is 0 Å². The molecule has 0 aliphatic heterocycles. The molecule has 0 saturated carbocycles. The molecule has 1 atom stereocenters. The molecule has 9 heteroatoms. The first-order valence-corrected chi connectivity index (χ1v) is 7.43. The number of hydrogen-bond donors (Lipinski definition) is 4. The third-order valence-corrected chi connectivity index (χ3v) is 3.40. The Morgan fingerprint density at radius 2 is 1.86 bits per heavy atom. The van der Waals surface area contributed by atoms with Gasteiger partial charge in [-0.25, -0.2) is 9.00 Å². The maximum absolute atomic E-state index is 11.7. The first kappa shape index (κ1) is 16.1. The van der Waals surface area contributed by atoms with Crippen molar-refractivity contribution in [3.8, 4) is 5.75 Å². The summed E-state index contributed by atoms with van der Waals surface area (Å²) in [6.07, 6.45) is 0. The molecule has 2 amide bonds. The highest BCUT2D eigenvalue weighted by molar-refractivity contribution is 7.80. The summed E-state index contributed by atoms with van der Waals surface area (Å²) in [6.45, 7) is 0. The molecule has 0 saturated heterocycles. The third-order valence-electron chi connectivity index (χ3n) is 2.76. The largest absolute Gasteiger partial charge is 0.504 e. The van der Waals surface area contributed by atoms with Crippen molar-refractivity contribution >= 4 is 46.0 Å². The first-order valence-electron chi connectivity index (χ1n) is 5.94. The number of benzene rings is 2. The van der Waals surface area contributed by atoms with E-state index in [2.05, 4.69) is 4.72 Å². The number of phenols is 1. The van der Waals surface area contributed by atoms with Gasteiger partial charge in [0.05, 0.1) is 17.1 Å². The highest BCUT2D eigenvalue weighted by Crippen LogP contribution is 2.38. The van der Waals surface area contributed by atoms with Gasteiger partial charge in [0.15, 0.2) is 5.75 Å². The average Bonchev–Trinajstić information content (AvgIpc) is 2.44. The molecule has 0 fully saturated rings. The third kappa shape index (κ3) is 3.48. The first-order chi connectivity index (χ1) is 10.4. The van der Waals surface area contributed by atoms with E-state index in [1.54, 1.807) is 24.3 Å². The Labute approximate surface area is 133 Å². The number of para-hydroxylation sites is 1. The van der Waals surface area contributed by atoms with Gasteiger partial charge in [-0.1, -0.05) is 17.7 Å². The Morgan fingerprint density at radius 3 is 2.41 bits per heavy atom. The zero-order valence-electron chi connectivity index (χ0n) is 11.1. The summed E-state index contributed by atoms with van der Waals surface area (Å²) >= 11 is 3.43. The van der Waals surface area contributed by atoms with E-state index in [0.717, 1.165) is 4.90 Å². The molecular formula is C13H12ClN3O4S. The van der Waals surface area contributed by atoms with E-state index in [1.807, 2.05) is 0 Å². The van der Waals surface area contributed by atoms with Crippen molar-refractivity contribution in [2.75, 3.05) is 9.62 Å². The molecule has 2 aromatic carbocycles. The standard InChI is InChI=1S/C13H12ClN3O4S/c14-8-4-6-9(7-5-8)17(13(15)19)11-3-1-2-10(12(11)18)16-22(20)21/h1-7,16,18H,(H2,15,19)(H,20,21). The average molecular weight is 342 g/mol. The number of anilines is 3. The topological polar surface area (TPSA) is 116 Å². The fourth-order valence-corrected chi connectivity index (χ4v) is 2.34. The van der Waals surface area contributed by atoms with E-state index >= 15 is 0 Å². The number of urea groups is 1. The SMILES string of the molecule is NC(=O)N(c1ccc(Cl)cc1)c1cccc(NS(=O)O)c1O. The Bertz CT molecular complexity index is 724. The van der Waals surface area contributed by atoms with Crippen LogP contribution in [0.15, 0.2) is 42.5 Å². The number of carbonyl (C=O) groups excluding carboxylic acids is 1. The number of rotatable bonds is 4. The molecule has 116 valence electrons. The van der Waals surface area contributed by atoms with Crippen LogP contribution in [0.1, 0.15) is 0 Å². The molecule has 0 bridgehead atoms. The van der Waals surface area contributed by atoms with Gasteiger partial charge >= 0.3 is 6.03 Å². The summed E-state index contributed by atoms with van der Waals surface area (Å²) in [7, 11) is 0. The molecule has 0 spiro atoms. The summed E-state index contributed by atoms with van der Waals surface area (Å²) in [4.78, 5) is 12.8. The number of primary amides is 1. The van der Waals surface area contributed by atoms with Gasteiger partial charge in [-0.2, -0.15) is 0 Å². The summed E-state index contributed by atoms with van der Waals surface area (Å²) in [5.41, 5.74) is 5.80. The van der Waals surface area contributed by atoms with Crippen LogP contribution in [0.5, 0.6) is 5.75 Å². The Morgan fingerprint density at radius 1 is 1.23 bits per heavy atom. The minimum atomic E-state index is -2.37. The number of nitrogens with two attached hydrogens (primary N) is 1. The zero-order chi connectivity index (χ0) is 16.3. The summed E-state index contributed by atoms with van der Waals surface area (Å²) < 4.78 is 21.8. The lowest BCUT2D eigenvalue weighted by atomic mass is 10.2. The van der Waals surface area contributed by atoms with Gasteiger partial charge in [-0.3, -0.25) is 14.2 Å². The van der Waals surface area contributed by atoms with Gasteiger partial charge in [0.2, 0.25) is 0 Å². The Kier molecular flexibility index (Phi) is 4.86. The molecule has 0 aliphatic rings. The fraction of sp³-hybridized carbons (Fsp3) is 0. The Balaban J connectivity index is 2.52. The molecular weight excluding hydrogens is 330 g/mol. The Hall–Kier alpha value is -2.29. The fourth-order valence-electron chi connectivity index (χ4n) is 1.86. The summed E-state index contributed by atoms with van der Waals surface area (Å²) in [5, 5.41) is 10.7. The van der Waals surface area contributed by atoms with Crippen molar-refractivity contribution in [3.05, 3.63) is 47.5 Å². The van der Waals surface area contributed by atoms with Crippen LogP contribution in [0.25, 0.3) is 0 Å². The molecule has 7 nitrogen and oxygen atoms in total. The number of carbonyl (C=O) groups is 1. The van der Waals surface area contributed by atoms with Gasteiger partial charge < -0.3 is 10.8 Å². The van der Waals surface area contributed by atoms with Crippen molar-refractivity contribution in [3.63, 3.8) is 0 Å². The minimum absolute atomic E-state index is 0.0152. The second-order valence-electron chi connectivity index (χ2n) is 4.17. The van der Waals surface area contributed by atoms with Crippen molar-refractivity contribution < 1.29 is 18.7 Å². The second kappa shape index (κ2) is 6.65. The van der Waals surface area contributed by atoms with Crippen LogP contribution in [0.2, 0.25) is 5.02 Å². The van der Waals surface area contributed by atoms with E-state index < -0.39 is 23.0 Å². The smallest absolute Gasteiger partial charge is 0.324 e. The number of hydrogen-bond acceptors (Lipinski definition) is 3. The van der Waals surface area contributed by atoms with Crippen LogP contribution in [0.4, 0.5) is 21.9 Å². The number of phenolic OH excluding ortho intramolecular Hbond substituents is 1. The van der Waals surface area contributed by atoms with Crippen LogP contribution in [0.3, 0.4) is 0 Å². The molecule has 22 heavy (non-hydrogen) atoms. The number of halogens is 1. The molecule has 0 heterocycles. The van der Waals surface area contributed by atoms with Crippen LogP contribution < -0.4 is 15.4 Å². The quantitative estimate of drug-likeness (QED) is 0.505. The second-order valence-corrected chi connectivity index (χ2v) is 5.31. The summed E-state index contributed by atoms with van der Waals surface area (Å²) in [5.74, 6) is -0.390. The monoisotopic (exact) mass is 341 g/mol. The number of amides is 2.